The zero-order chi connectivity index (χ0) is 34.7. The average Bonchev–Trinajstić information content (AvgIpc) is 3.73. The van der Waals surface area contributed by atoms with Gasteiger partial charge in [-0.1, -0.05) is 127 Å². The summed E-state index contributed by atoms with van der Waals surface area (Å²) in [5, 5.41) is 2.35. The summed E-state index contributed by atoms with van der Waals surface area (Å²) in [5.41, 5.74) is 18.0. The summed E-state index contributed by atoms with van der Waals surface area (Å²) in [5.74, 6) is 3.36. The summed E-state index contributed by atoms with van der Waals surface area (Å²) in [6, 6.07) is 58.8. The Labute approximate surface area is 311 Å². The molecule has 53 heavy (non-hydrogen) atoms. The Hall–Kier alpha value is -5.66. The highest BCUT2D eigenvalue weighted by atomic mass is 16.3. The van der Waals surface area contributed by atoms with Gasteiger partial charge in [0.2, 0.25) is 0 Å². The second-order valence-electron chi connectivity index (χ2n) is 16.5. The van der Waals surface area contributed by atoms with Crippen molar-refractivity contribution in [1.82, 2.24) is 0 Å². The third-order valence-corrected chi connectivity index (χ3v) is 13.9. The van der Waals surface area contributed by atoms with E-state index in [2.05, 4.69) is 158 Å². The molecule has 1 heterocycles. The Morgan fingerprint density at radius 2 is 0.981 bits per heavy atom. The van der Waals surface area contributed by atoms with Crippen LogP contribution in [-0.4, -0.2) is 0 Å². The van der Waals surface area contributed by atoms with E-state index in [1.165, 1.54) is 92.9 Å². The number of furan rings is 1. The van der Waals surface area contributed by atoms with Crippen LogP contribution in [0.2, 0.25) is 0 Å². The van der Waals surface area contributed by atoms with Crippen molar-refractivity contribution in [3.8, 4) is 55.6 Å². The van der Waals surface area contributed by atoms with Crippen LogP contribution < -0.4 is 0 Å². The predicted octanol–water partition coefficient (Wildman–Crippen LogP) is 14.0. The number of hydrogen-bond donors (Lipinski definition) is 0. The summed E-state index contributed by atoms with van der Waals surface area (Å²) in [7, 11) is 0. The molecule has 0 saturated heterocycles. The van der Waals surface area contributed by atoms with Crippen LogP contribution in [-0.2, 0) is 5.41 Å². The van der Waals surface area contributed by atoms with Crippen LogP contribution in [0.3, 0.4) is 0 Å². The summed E-state index contributed by atoms with van der Waals surface area (Å²) in [4.78, 5) is 0. The molecule has 254 valence electrons. The number of rotatable bonds is 4. The van der Waals surface area contributed by atoms with Gasteiger partial charge in [0.25, 0.3) is 0 Å². The lowest BCUT2D eigenvalue weighted by Crippen LogP contribution is -2.55. The van der Waals surface area contributed by atoms with Crippen LogP contribution in [0.15, 0.2) is 162 Å². The van der Waals surface area contributed by atoms with Gasteiger partial charge < -0.3 is 4.42 Å². The zero-order valence-corrected chi connectivity index (χ0v) is 29.8. The molecule has 7 aromatic carbocycles. The zero-order valence-electron chi connectivity index (χ0n) is 29.8. The average molecular weight is 681 g/mol. The maximum Gasteiger partial charge on any atom is 0.143 e. The van der Waals surface area contributed by atoms with Gasteiger partial charge in [0, 0.05) is 21.8 Å². The van der Waals surface area contributed by atoms with Gasteiger partial charge >= 0.3 is 0 Å². The van der Waals surface area contributed by atoms with Crippen molar-refractivity contribution >= 4 is 21.9 Å². The molecule has 13 rings (SSSR count). The fourth-order valence-corrected chi connectivity index (χ4v) is 11.9. The van der Waals surface area contributed by atoms with E-state index in [4.69, 9.17) is 4.42 Å². The minimum absolute atomic E-state index is 0.151. The lowest BCUT2D eigenvalue weighted by molar-refractivity contribution is -0.0399. The van der Waals surface area contributed by atoms with Crippen molar-refractivity contribution in [2.24, 2.45) is 23.7 Å². The lowest BCUT2D eigenvalue weighted by Gasteiger charge is -2.61. The fraction of sp³-hybridized carbons (Fsp3) is 0.192. The quantitative estimate of drug-likeness (QED) is 0.180. The van der Waals surface area contributed by atoms with Crippen LogP contribution in [0.4, 0.5) is 0 Å². The van der Waals surface area contributed by atoms with E-state index in [0.29, 0.717) is 0 Å². The van der Waals surface area contributed by atoms with E-state index in [0.717, 1.165) is 40.4 Å². The molecule has 1 heteroatoms. The van der Waals surface area contributed by atoms with E-state index >= 15 is 0 Å². The van der Waals surface area contributed by atoms with E-state index in [9.17, 15) is 0 Å². The Morgan fingerprint density at radius 3 is 1.77 bits per heavy atom. The van der Waals surface area contributed by atoms with E-state index < -0.39 is 0 Å². The largest absolute Gasteiger partial charge is 0.455 e. The van der Waals surface area contributed by atoms with Gasteiger partial charge in [0.1, 0.15) is 11.2 Å². The van der Waals surface area contributed by atoms with Gasteiger partial charge in [-0.3, -0.25) is 0 Å². The normalized spacial score (nSPS) is 23.5. The van der Waals surface area contributed by atoms with Crippen LogP contribution in [0.1, 0.15) is 43.2 Å². The molecular formula is C52H40O. The highest BCUT2D eigenvalue weighted by Gasteiger charge is 2.61. The van der Waals surface area contributed by atoms with Gasteiger partial charge in [-0.25, -0.2) is 0 Å². The Morgan fingerprint density at radius 1 is 0.377 bits per heavy atom. The molecule has 8 aromatic rings. The molecule has 1 aromatic heterocycles. The molecule has 0 radical (unpaired) electrons. The van der Waals surface area contributed by atoms with Crippen LogP contribution in [0, 0.1) is 23.7 Å². The SMILES string of the molecule is c1ccc(-c2cccc(-c3ccc(-c4cc(-c5ccc6c(c5)C5(c7ccccc7-6)C6CC7CC(C6)CC5C7)cc5c4oc4ccccc45)cc3)c2)cc1. The second-order valence-corrected chi connectivity index (χ2v) is 16.5. The standard InChI is InChI=1S/C52H40O/c1-2-9-34(10-3-1)37-11-8-12-38(28-37)35-17-19-36(20-18-35)46-29-40(30-47-45-14-5-7-16-50(45)53-51(46)47)39-21-22-44-43-13-4-6-15-48(43)52(49(44)31-39)41-24-32-23-33(26-41)27-42(52)25-32/h1-22,28-33,41-42H,23-27H2. The first-order valence-corrected chi connectivity index (χ1v) is 19.7. The maximum absolute atomic E-state index is 6.68. The van der Waals surface area contributed by atoms with E-state index in [-0.39, 0.29) is 5.41 Å². The second kappa shape index (κ2) is 11.2. The van der Waals surface area contributed by atoms with Gasteiger partial charge in [0.15, 0.2) is 0 Å². The third kappa shape index (κ3) is 4.31. The highest BCUT2D eigenvalue weighted by molar-refractivity contribution is 6.11. The third-order valence-electron chi connectivity index (χ3n) is 13.9. The molecule has 4 saturated carbocycles. The molecule has 1 nitrogen and oxygen atoms in total. The summed E-state index contributed by atoms with van der Waals surface area (Å²) in [6.45, 7) is 0. The molecule has 4 fully saturated rings. The molecule has 4 bridgehead atoms. The number of para-hydroxylation sites is 1. The fourth-order valence-electron chi connectivity index (χ4n) is 11.9. The van der Waals surface area contributed by atoms with Crippen LogP contribution in [0.25, 0.3) is 77.6 Å². The first-order valence-electron chi connectivity index (χ1n) is 19.7. The summed E-state index contributed by atoms with van der Waals surface area (Å²) in [6.07, 6.45) is 7.06. The van der Waals surface area contributed by atoms with Crippen molar-refractivity contribution in [2.45, 2.75) is 37.5 Å². The number of benzene rings is 7. The Bertz CT molecular complexity index is 2700. The first-order chi connectivity index (χ1) is 26.2. The van der Waals surface area contributed by atoms with Gasteiger partial charge in [-0.05, 0) is 147 Å². The van der Waals surface area contributed by atoms with Crippen LogP contribution >= 0.6 is 0 Å². The van der Waals surface area contributed by atoms with Gasteiger partial charge in [0.05, 0.1) is 0 Å². The maximum atomic E-state index is 6.68. The van der Waals surface area contributed by atoms with Crippen LogP contribution in [0.5, 0.6) is 0 Å². The Kier molecular flexibility index (Phi) is 6.30. The minimum atomic E-state index is 0.151. The first kappa shape index (κ1) is 29.9. The molecule has 1 spiro atoms. The highest BCUT2D eigenvalue weighted by Crippen LogP contribution is 2.69. The number of hydrogen-bond acceptors (Lipinski definition) is 1. The van der Waals surface area contributed by atoms with Crippen molar-refractivity contribution in [1.29, 1.82) is 0 Å². The minimum Gasteiger partial charge on any atom is -0.455 e. The Balaban J connectivity index is 1.00. The number of fused-ring (bicyclic) bond motifs is 6. The molecule has 0 atom stereocenters. The molecule has 0 aliphatic heterocycles. The molecule has 0 N–H and O–H groups in total. The molecule has 0 unspecified atom stereocenters. The van der Waals surface area contributed by atoms with Crippen molar-refractivity contribution < 1.29 is 4.42 Å². The van der Waals surface area contributed by atoms with Crippen molar-refractivity contribution in [3.05, 3.63) is 169 Å². The van der Waals surface area contributed by atoms with E-state index in [1.54, 1.807) is 11.1 Å². The molecular weight excluding hydrogens is 641 g/mol. The summed E-state index contributed by atoms with van der Waals surface area (Å²) >= 11 is 0. The molecule has 0 amide bonds. The topological polar surface area (TPSA) is 13.1 Å². The smallest absolute Gasteiger partial charge is 0.143 e. The molecule has 5 aliphatic carbocycles. The summed E-state index contributed by atoms with van der Waals surface area (Å²) < 4.78 is 6.68. The van der Waals surface area contributed by atoms with E-state index in [1.807, 2.05) is 0 Å². The van der Waals surface area contributed by atoms with Crippen molar-refractivity contribution in [2.75, 3.05) is 0 Å². The molecule has 5 aliphatic rings. The predicted molar refractivity (Wildman–Crippen MR) is 219 cm³/mol. The van der Waals surface area contributed by atoms with Gasteiger partial charge in [-0.15, -0.1) is 0 Å². The van der Waals surface area contributed by atoms with Gasteiger partial charge in [-0.2, -0.15) is 0 Å². The lowest BCUT2D eigenvalue weighted by atomic mass is 9.43. The van der Waals surface area contributed by atoms with Crippen molar-refractivity contribution in [3.63, 3.8) is 0 Å². The monoisotopic (exact) mass is 680 g/mol.